The van der Waals surface area contributed by atoms with E-state index in [0.717, 1.165) is 5.56 Å². The van der Waals surface area contributed by atoms with Gasteiger partial charge in [-0.3, -0.25) is 9.59 Å². The van der Waals surface area contributed by atoms with Gasteiger partial charge in [-0.1, -0.05) is 13.8 Å². The number of hydrogen-bond donors (Lipinski definition) is 2. The number of benzene rings is 1. The van der Waals surface area contributed by atoms with E-state index in [4.69, 9.17) is 9.47 Å². The molecule has 1 rings (SSSR count). The summed E-state index contributed by atoms with van der Waals surface area (Å²) in [6.07, 6.45) is 3.09. The molecule has 6 heteroatoms. The van der Waals surface area contributed by atoms with Crippen molar-refractivity contribution < 1.29 is 19.1 Å². The molecule has 0 aliphatic heterocycles. The Bertz CT molecular complexity index is 568. The minimum absolute atomic E-state index is 0.0299. The van der Waals surface area contributed by atoms with Crippen molar-refractivity contribution in [3.05, 3.63) is 29.8 Å². The van der Waals surface area contributed by atoms with Crippen molar-refractivity contribution in [3.8, 4) is 11.5 Å². The lowest BCUT2D eigenvalue weighted by molar-refractivity contribution is -0.124. The second kappa shape index (κ2) is 9.50. The summed E-state index contributed by atoms with van der Waals surface area (Å²) in [5.74, 6) is 0.981. The van der Waals surface area contributed by atoms with Gasteiger partial charge in [0.15, 0.2) is 0 Å². The maximum atomic E-state index is 11.7. The highest BCUT2D eigenvalue weighted by atomic mass is 16.5. The zero-order chi connectivity index (χ0) is 17.2. The van der Waals surface area contributed by atoms with Crippen molar-refractivity contribution in [2.24, 2.45) is 5.92 Å². The standard InChI is InChI=1S/C17H24N2O4/c1-12(2)17(21)19-10-9-18-16(20)8-6-13-5-7-14(22-3)11-15(13)23-4/h5-8,11-12H,9-10H2,1-4H3,(H,18,20)(H,19,21)/b8-6+. The molecule has 2 amide bonds. The number of carbonyl (C=O) groups excluding carboxylic acids is 2. The van der Waals surface area contributed by atoms with Crippen LogP contribution < -0.4 is 20.1 Å². The lowest BCUT2D eigenvalue weighted by Crippen LogP contribution is -2.35. The summed E-state index contributed by atoms with van der Waals surface area (Å²) in [5, 5.41) is 5.43. The van der Waals surface area contributed by atoms with Gasteiger partial charge in [0.05, 0.1) is 14.2 Å². The summed E-state index contributed by atoms with van der Waals surface area (Å²) >= 11 is 0. The molecule has 0 aromatic heterocycles. The quantitative estimate of drug-likeness (QED) is 0.563. The van der Waals surface area contributed by atoms with Crippen LogP contribution in [0.25, 0.3) is 6.08 Å². The molecule has 0 fully saturated rings. The van der Waals surface area contributed by atoms with E-state index in [1.165, 1.54) is 6.08 Å². The van der Waals surface area contributed by atoms with E-state index in [0.29, 0.717) is 24.6 Å². The lowest BCUT2D eigenvalue weighted by atomic mass is 10.1. The van der Waals surface area contributed by atoms with Gasteiger partial charge < -0.3 is 20.1 Å². The first kappa shape index (κ1) is 18.5. The van der Waals surface area contributed by atoms with Gasteiger partial charge in [0.25, 0.3) is 0 Å². The SMILES string of the molecule is COc1ccc(/C=C/C(=O)NCCNC(=O)C(C)C)c(OC)c1. The average Bonchev–Trinajstić information content (AvgIpc) is 2.56. The van der Waals surface area contributed by atoms with Crippen LogP contribution in [0.4, 0.5) is 0 Å². The molecule has 0 spiro atoms. The van der Waals surface area contributed by atoms with E-state index in [2.05, 4.69) is 10.6 Å². The first-order valence-electron chi connectivity index (χ1n) is 7.43. The largest absolute Gasteiger partial charge is 0.497 e. The molecule has 1 aromatic rings. The van der Waals surface area contributed by atoms with Crippen LogP contribution in [0.5, 0.6) is 11.5 Å². The van der Waals surface area contributed by atoms with E-state index < -0.39 is 0 Å². The van der Waals surface area contributed by atoms with E-state index in [1.54, 1.807) is 32.4 Å². The van der Waals surface area contributed by atoms with Crippen molar-refractivity contribution in [1.29, 1.82) is 0 Å². The Labute approximate surface area is 136 Å². The van der Waals surface area contributed by atoms with Crippen LogP contribution in [0.2, 0.25) is 0 Å². The molecule has 0 radical (unpaired) electrons. The molecule has 1 aromatic carbocycles. The number of nitrogens with one attached hydrogen (secondary N) is 2. The minimum atomic E-state index is -0.235. The van der Waals surface area contributed by atoms with Gasteiger partial charge in [-0.05, 0) is 18.2 Å². The van der Waals surface area contributed by atoms with Crippen LogP contribution in [0, 0.1) is 5.92 Å². The van der Waals surface area contributed by atoms with Crippen LogP contribution in [0.3, 0.4) is 0 Å². The monoisotopic (exact) mass is 320 g/mol. The Morgan fingerprint density at radius 3 is 2.43 bits per heavy atom. The Hall–Kier alpha value is -2.50. The molecule has 0 atom stereocenters. The molecular weight excluding hydrogens is 296 g/mol. The summed E-state index contributed by atoms with van der Waals surface area (Å²) in [6.45, 7) is 4.42. The van der Waals surface area contributed by atoms with E-state index in [1.807, 2.05) is 19.9 Å². The molecule has 0 aliphatic carbocycles. The summed E-state index contributed by atoms with van der Waals surface area (Å²) in [7, 11) is 3.14. The minimum Gasteiger partial charge on any atom is -0.497 e. The Kier molecular flexibility index (Phi) is 7.66. The van der Waals surface area contributed by atoms with Gasteiger partial charge in [0.2, 0.25) is 11.8 Å². The highest BCUT2D eigenvalue weighted by Crippen LogP contribution is 2.25. The lowest BCUT2D eigenvalue weighted by Gasteiger charge is -2.08. The van der Waals surface area contributed by atoms with Gasteiger partial charge in [0, 0.05) is 36.7 Å². The summed E-state index contributed by atoms with van der Waals surface area (Å²) in [5.41, 5.74) is 0.775. The van der Waals surface area contributed by atoms with Crippen molar-refractivity contribution in [3.63, 3.8) is 0 Å². The normalized spacial score (nSPS) is 10.7. The molecule has 0 unspecified atom stereocenters. The molecule has 0 saturated heterocycles. The molecule has 6 nitrogen and oxygen atoms in total. The topological polar surface area (TPSA) is 76.7 Å². The van der Waals surface area contributed by atoms with Crippen LogP contribution in [-0.2, 0) is 9.59 Å². The van der Waals surface area contributed by atoms with Gasteiger partial charge in [-0.2, -0.15) is 0 Å². The summed E-state index contributed by atoms with van der Waals surface area (Å²) < 4.78 is 10.4. The second-order valence-electron chi connectivity index (χ2n) is 5.18. The number of amides is 2. The molecule has 0 heterocycles. The first-order valence-corrected chi connectivity index (χ1v) is 7.43. The maximum Gasteiger partial charge on any atom is 0.244 e. The molecule has 23 heavy (non-hydrogen) atoms. The van der Waals surface area contributed by atoms with E-state index in [9.17, 15) is 9.59 Å². The van der Waals surface area contributed by atoms with Gasteiger partial charge in [0.1, 0.15) is 11.5 Å². The number of ether oxygens (including phenoxy) is 2. The zero-order valence-corrected chi connectivity index (χ0v) is 14.0. The molecule has 0 bridgehead atoms. The predicted octanol–water partition coefficient (Wildman–Crippen LogP) is 1.61. The molecular formula is C17H24N2O4. The third-order valence-electron chi connectivity index (χ3n) is 3.10. The van der Waals surface area contributed by atoms with Crippen molar-refractivity contribution in [1.82, 2.24) is 10.6 Å². The van der Waals surface area contributed by atoms with Crippen molar-refractivity contribution in [2.75, 3.05) is 27.3 Å². The van der Waals surface area contributed by atoms with Crippen LogP contribution >= 0.6 is 0 Å². The Morgan fingerprint density at radius 1 is 1.13 bits per heavy atom. The highest BCUT2D eigenvalue weighted by Gasteiger charge is 2.05. The van der Waals surface area contributed by atoms with Crippen molar-refractivity contribution in [2.45, 2.75) is 13.8 Å². The number of hydrogen-bond acceptors (Lipinski definition) is 4. The van der Waals surface area contributed by atoms with Crippen LogP contribution in [0.15, 0.2) is 24.3 Å². The summed E-state index contributed by atoms with van der Waals surface area (Å²) in [4.78, 5) is 23.1. The van der Waals surface area contributed by atoms with Gasteiger partial charge >= 0.3 is 0 Å². The third-order valence-corrected chi connectivity index (χ3v) is 3.10. The smallest absolute Gasteiger partial charge is 0.244 e. The van der Waals surface area contributed by atoms with Crippen molar-refractivity contribution >= 4 is 17.9 Å². The second-order valence-corrected chi connectivity index (χ2v) is 5.18. The number of methoxy groups -OCH3 is 2. The molecule has 0 aliphatic rings. The molecule has 2 N–H and O–H groups in total. The molecule has 126 valence electrons. The first-order chi connectivity index (χ1) is 11.0. The summed E-state index contributed by atoms with van der Waals surface area (Å²) in [6, 6.07) is 5.35. The Morgan fingerprint density at radius 2 is 1.83 bits per heavy atom. The average molecular weight is 320 g/mol. The third kappa shape index (κ3) is 6.42. The fourth-order valence-electron chi connectivity index (χ4n) is 1.76. The predicted molar refractivity (Wildman–Crippen MR) is 89.4 cm³/mol. The van der Waals surface area contributed by atoms with E-state index in [-0.39, 0.29) is 17.7 Å². The zero-order valence-electron chi connectivity index (χ0n) is 14.0. The highest BCUT2D eigenvalue weighted by molar-refractivity contribution is 5.92. The molecule has 0 saturated carbocycles. The maximum absolute atomic E-state index is 11.7. The van der Waals surface area contributed by atoms with E-state index >= 15 is 0 Å². The number of rotatable bonds is 8. The fourth-order valence-corrected chi connectivity index (χ4v) is 1.76. The van der Waals surface area contributed by atoms with Gasteiger partial charge in [-0.25, -0.2) is 0 Å². The van der Waals surface area contributed by atoms with Gasteiger partial charge in [-0.15, -0.1) is 0 Å². The van der Waals surface area contributed by atoms with Crippen LogP contribution in [0.1, 0.15) is 19.4 Å². The fraction of sp³-hybridized carbons (Fsp3) is 0.412. The Balaban J connectivity index is 2.48. The number of carbonyl (C=O) groups is 2. The van der Waals surface area contributed by atoms with Crippen LogP contribution in [-0.4, -0.2) is 39.1 Å².